The molecule has 2 aromatic rings. The largest absolute Gasteiger partial charge is 0.369 e. The highest BCUT2D eigenvalue weighted by atomic mass is 35.5. The molecule has 0 atom stereocenters. The zero-order chi connectivity index (χ0) is 17.9. The van der Waals surface area contributed by atoms with Gasteiger partial charge in [0.25, 0.3) is 0 Å². The summed E-state index contributed by atoms with van der Waals surface area (Å²) in [5.74, 6) is 0.209. The average molecular weight is 384 g/mol. The van der Waals surface area contributed by atoms with E-state index in [9.17, 15) is 8.42 Å². The van der Waals surface area contributed by atoms with Crippen LogP contribution in [0.4, 0.5) is 11.4 Å². The fourth-order valence-corrected chi connectivity index (χ4v) is 3.21. The molecule has 0 radical (unpaired) electrons. The number of halogens is 1. The van der Waals surface area contributed by atoms with Gasteiger partial charge in [-0.2, -0.15) is 0 Å². The van der Waals surface area contributed by atoms with Crippen LogP contribution < -0.4 is 10.6 Å². The Hall–Kier alpha value is -1.70. The molecular weight excluding hydrogens is 366 g/mol. The Bertz CT molecular complexity index is 883. The molecular formula is C16H18ClN3O2S2. The first kappa shape index (κ1) is 18.6. The maximum absolute atomic E-state index is 11.7. The van der Waals surface area contributed by atoms with Crippen LogP contribution in [0.5, 0.6) is 0 Å². The number of anilines is 1. The highest BCUT2D eigenvalue weighted by Gasteiger charge is 2.12. The molecule has 0 heterocycles. The molecule has 0 saturated heterocycles. The first-order valence-electron chi connectivity index (χ1n) is 6.94. The maximum Gasteiger partial charge on any atom is 0.200 e. The van der Waals surface area contributed by atoms with Crippen LogP contribution >= 0.6 is 23.4 Å². The van der Waals surface area contributed by atoms with Gasteiger partial charge in [0, 0.05) is 23.9 Å². The molecule has 2 rings (SSSR count). The van der Waals surface area contributed by atoms with Gasteiger partial charge in [-0.25, -0.2) is 13.4 Å². The van der Waals surface area contributed by atoms with E-state index in [0.717, 1.165) is 11.2 Å². The molecule has 0 fully saturated rings. The molecule has 0 bridgehead atoms. The molecule has 8 heteroatoms. The Morgan fingerprint density at radius 1 is 1.25 bits per heavy atom. The van der Waals surface area contributed by atoms with E-state index in [1.54, 1.807) is 54.0 Å². The lowest BCUT2D eigenvalue weighted by atomic mass is 10.3. The minimum atomic E-state index is -3.29. The minimum absolute atomic E-state index is 0.209. The number of sulfone groups is 1. The van der Waals surface area contributed by atoms with E-state index in [1.807, 2.05) is 18.4 Å². The fourth-order valence-electron chi connectivity index (χ4n) is 1.96. The normalized spacial score (nSPS) is 12.2. The number of hydrogen-bond acceptors (Lipinski definition) is 4. The molecule has 0 spiro atoms. The Balaban J connectivity index is 2.38. The van der Waals surface area contributed by atoms with Gasteiger partial charge >= 0.3 is 0 Å². The molecule has 24 heavy (non-hydrogen) atoms. The predicted octanol–water partition coefficient (Wildman–Crippen LogP) is 3.55. The van der Waals surface area contributed by atoms with Crippen LogP contribution in [-0.4, -0.2) is 33.9 Å². The zero-order valence-corrected chi connectivity index (χ0v) is 15.9. The lowest BCUT2D eigenvalue weighted by Gasteiger charge is -2.19. The summed E-state index contributed by atoms with van der Waals surface area (Å²) in [5, 5.41) is 0.494. The zero-order valence-electron chi connectivity index (χ0n) is 13.5. The molecule has 0 saturated carbocycles. The molecule has 0 aliphatic carbocycles. The molecule has 128 valence electrons. The molecule has 0 aliphatic heterocycles. The van der Waals surface area contributed by atoms with Gasteiger partial charge in [-0.1, -0.05) is 17.7 Å². The standard InChI is InChI=1S/C16H18ClN3O2S2/c1-20(11-5-4-6-13(9-11)24(3,21)22)16(18)19-15-10-12(23-2)7-8-14(15)17/h4-10H,1-3H3,(H2,18,19). The topological polar surface area (TPSA) is 75.8 Å². The number of benzene rings is 2. The molecule has 0 aliphatic rings. The summed E-state index contributed by atoms with van der Waals surface area (Å²) >= 11 is 7.74. The van der Waals surface area contributed by atoms with Gasteiger partial charge in [0.2, 0.25) is 5.96 Å². The Morgan fingerprint density at radius 3 is 2.58 bits per heavy atom. The first-order valence-corrected chi connectivity index (χ1v) is 10.4. The molecule has 2 N–H and O–H groups in total. The van der Waals surface area contributed by atoms with Gasteiger partial charge in [-0.3, -0.25) is 0 Å². The SMILES string of the molecule is CSc1ccc(Cl)c(N=C(N)N(C)c2cccc(S(C)(=O)=O)c2)c1. The smallest absolute Gasteiger partial charge is 0.200 e. The third kappa shape index (κ3) is 4.43. The van der Waals surface area contributed by atoms with E-state index >= 15 is 0 Å². The highest BCUT2D eigenvalue weighted by Crippen LogP contribution is 2.30. The van der Waals surface area contributed by atoms with Gasteiger partial charge in [-0.15, -0.1) is 11.8 Å². The Kier molecular flexibility index (Phi) is 5.79. The van der Waals surface area contributed by atoms with Crippen molar-refractivity contribution in [3.8, 4) is 0 Å². The number of thioether (sulfide) groups is 1. The molecule has 0 aromatic heterocycles. The van der Waals surface area contributed by atoms with Crippen LogP contribution in [0, 0.1) is 0 Å². The Labute approximate surface area is 151 Å². The summed E-state index contributed by atoms with van der Waals surface area (Å²) in [4.78, 5) is 7.21. The van der Waals surface area contributed by atoms with E-state index in [0.29, 0.717) is 16.4 Å². The highest BCUT2D eigenvalue weighted by molar-refractivity contribution is 7.98. The lowest BCUT2D eigenvalue weighted by Crippen LogP contribution is -2.33. The summed E-state index contributed by atoms with van der Waals surface area (Å²) < 4.78 is 23.4. The van der Waals surface area contributed by atoms with Crippen molar-refractivity contribution in [2.24, 2.45) is 10.7 Å². The van der Waals surface area contributed by atoms with E-state index in [1.165, 1.54) is 0 Å². The minimum Gasteiger partial charge on any atom is -0.369 e. The summed E-state index contributed by atoms with van der Waals surface area (Å²) in [6.45, 7) is 0. The van der Waals surface area contributed by atoms with Gasteiger partial charge in [0.05, 0.1) is 15.6 Å². The van der Waals surface area contributed by atoms with Crippen LogP contribution in [0.2, 0.25) is 5.02 Å². The summed E-state index contributed by atoms with van der Waals surface area (Å²) in [5.41, 5.74) is 7.25. The van der Waals surface area contributed by atoms with Crippen molar-refractivity contribution in [3.05, 3.63) is 47.5 Å². The number of nitrogens with two attached hydrogens (primary N) is 1. The van der Waals surface area contributed by atoms with Crippen molar-refractivity contribution in [1.82, 2.24) is 0 Å². The molecule has 5 nitrogen and oxygen atoms in total. The summed E-state index contributed by atoms with van der Waals surface area (Å²) in [7, 11) is -1.58. The van der Waals surface area contributed by atoms with E-state index in [-0.39, 0.29) is 10.9 Å². The third-order valence-corrected chi connectivity index (χ3v) is 5.52. The van der Waals surface area contributed by atoms with Crippen molar-refractivity contribution < 1.29 is 8.42 Å². The molecule has 0 unspecified atom stereocenters. The fraction of sp³-hybridized carbons (Fsp3) is 0.188. The third-order valence-electron chi connectivity index (χ3n) is 3.37. The number of aliphatic imine (C=N–C) groups is 1. The van der Waals surface area contributed by atoms with Gasteiger partial charge < -0.3 is 10.6 Å². The monoisotopic (exact) mass is 383 g/mol. The second kappa shape index (κ2) is 7.46. The van der Waals surface area contributed by atoms with Crippen LogP contribution in [0.1, 0.15) is 0 Å². The van der Waals surface area contributed by atoms with Gasteiger partial charge in [0.15, 0.2) is 9.84 Å². The van der Waals surface area contributed by atoms with Crippen molar-refractivity contribution >= 4 is 50.5 Å². The average Bonchev–Trinajstić information content (AvgIpc) is 2.55. The van der Waals surface area contributed by atoms with Crippen molar-refractivity contribution in [3.63, 3.8) is 0 Å². The second-order valence-electron chi connectivity index (χ2n) is 5.12. The lowest BCUT2D eigenvalue weighted by molar-refractivity contribution is 0.602. The van der Waals surface area contributed by atoms with E-state index < -0.39 is 9.84 Å². The first-order chi connectivity index (χ1) is 11.2. The van der Waals surface area contributed by atoms with Crippen LogP contribution in [0.3, 0.4) is 0 Å². The van der Waals surface area contributed by atoms with Crippen molar-refractivity contribution in [2.75, 3.05) is 24.5 Å². The number of hydrogen-bond donors (Lipinski definition) is 1. The van der Waals surface area contributed by atoms with Crippen LogP contribution in [0.15, 0.2) is 57.2 Å². The molecule has 0 amide bonds. The quantitative estimate of drug-likeness (QED) is 0.496. The number of rotatable bonds is 4. The summed E-state index contributed by atoms with van der Waals surface area (Å²) in [6, 6.07) is 12.0. The van der Waals surface area contributed by atoms with Crippen LogP contribution in [-0.2, 0) is 9.84 Å². The molecule has 2 aromatic carbocycles. The predicted molar refractivity (Wildman–Crippen MR) is 102 cm³/mol. The number of nitrogens with zero attached hydrogens (tertiary/aromatic N) is 2. The van der Waals surface area contributed by atoms with E-state index in [4.69, 9.17) is 17.3 Å². The maximum atomic E-state index is 11.7. The van der Waals surface area contributed by atoms with Crippen molar-refractivity contribution in [2.45, 2.75) is 9.79 Å². The van der Waals surface area contributed by atoms with E-state index in [2.05, 4.69) is 4.99 Å². The Morgan fingerprint density at radius 2 is 1.96 bits per heavy atom. The van der Waals surface area contributed by atoms with Crippen molar-refractivity contribution in [1.29, 1.82) is 0 Å². The number of guanidine groups is 1. The van der Waals surface area contributed by atoms with Gasteiger partial charge in [-0.05, 0) is 42.7 Å². The second-order valence-corrected chi connectivity index (χ2v) is 8.42. The van der Waals surface area contributed by atoms with Crippen LogP contribution in [0.25, 0.3) is 0 Å². The van der Waals surface area contributed by atoms with Gasteiger partial charge in [0.1, 0.15) is 0 Å². The summed E-state index contributed by atoms with van der Waals surface area (Å²) in [6.07, 6.45) is 3.13.